The molecular weight excluding hydrogens is 257 g/mol. The maximum Gasteiger partial charge on any atom is 0.257 e. The second-order valence-corrected chi connectivity index (χ2v) is 3.93. The molecule has 0 fully saturated rings. The number of nitrogens with one attached hydrogen (secondary N) is 1. The first-order valence-electron chi connectivity index (χ1n) is 5.36. The van der Waals surface area contributed by atoms with E-state index < -0.39 is 23.4 Å². The van der Waals surface area contributed by atoms with Crippen LogP contribution in [-0.4, -0.2) is 10.9 Å². The van der Waals surface area contributed by atoms with Gasteiger partial charge in [-0.2, -0.15) is 0 Å². The van der Waals surface area contributed by atoms with Gasteiger partial charge in [0.15, 0.2) is 17.5 Å². The van der Waals surface area contributed by atoms with Crippen molar-refractivity contribution in [2.45, 2.75) is 6.92 Å². The Hall–Kier alpha value is -2.37. The van der Waals surface area contributed by atoms with Crippen LogP contribution in [-0.2, 0) is 0 Å². The second-order valence-electron chi connectivity index (χ2n) is 3.93. The quantitative estimate of drug-likeness (QED) is 0.849. The monoisotopic (exact) mass is 266 g/mol. The smallest absolute Gasteiger partial charge is 0.257 e. The number of aryl methyl sites for hydroxylation is 1. The molecule has 0 saturated carbocycles. The largest absolute Gasteiger partial charge is 0.307 e. The van der Waals surface area contributed by atoms with Gasteiger partial charge in [-0.15, -0.1) is 0 Å². The fourth-order valence-corrected chi connectivity index (χ4v) is 1.48. The lowest BCUT2D eigenvalue weighted by Crippen LogP contribution is -2.14. The van der Waals surface area contributed by atoms with Gasteiger partial charge in [0.25, 0.3) is 5.91 Å². The highest BCUT2D eigenvalue weighted by Gasteiger charge is 2.15. The first-order chi connectivity index (χ1) is 8.97. The van der Waals surface area contributed by atoms with E-state index in [0.29, 0.717) is 12.1 Å². The van der Waals surface area contributed by atoms with Gasteiger partial charge >= 0.3 is 0 Å². The zero-order valence-corrected chi connectivity index (χ0v) is 9.88. The van der Waals surface area contributed by atoms with Gasteiger partial charge in [-0.1, -0.05) is 0 Å². The molecule has 1 aromatic heterocycles. The number of rotatable bonds is 2. The average Bonchev–Trinajstić information content (AvgIpc) is 2.35. The number of halogens is 3. The topological polar surface area (TPSA) is 42.0 Å². The van der Waals surface area contributed by atoms with Crippen LogP contribution in [0.2, 0.25) is 0 Å². The summed E-state index contributed by atoms with van der Waals surface area (Å²) in [4.78, 5) is 15.6. The zero-order chi connectivity index (χ0) is 14.0. The van der Waals surface area contributed by atoms with E-state index in [4.69, 9.17) is 0 Å². The number of amides is 1. The number of benzene rings is 1. The van der Waals surface area contributed by atoms with E-state index in [2.05, 4.69) is 10.3 Å². The molecular formula is C13H9F3N2O. The van der Waals surface area contributed by atoms with Crippen LogP contribution in [0.4, 0.5) is 19.0 Å². The third-order valence-electron chi connectivity index (χ3n) is 2.40. The number of hydrogen-bond donors (Lipinski definition) is 1. The van der Waals surface area contributed by atoms with Crippen LogP contribution in [0.1, 0.15) is 15.9 Å². The standard InChI is InChI=1S/C13H9F3N2O/c1-7-2-3-17-11(4-7)18-13(19)8-5-9(14)12(16)10(15)6-8/h2-6H,1H3,(H,17,18,19). The summed E-state index contributed by atoms with van der Waals surface area (Å²) in [6.45, 7) is 1.80. The molecule has 2 rings (SSSR count). The molecule has 19 heavy (non-hydrogen) atoms. The fourth-order valence-electron chi connectivity index (χ4n) is 1.48. The van der Waals surface area contributed by atoms with Gasteiger partial charge in [0, 0.05) is 11.8 Å². The van der Waals surface area contributed by atoms with Crippen molar-refractivity contribution in [3.63, 3.8) is 0 Å². The molecule has 1 aromatic carbocycles. The highest BCUT2D eigenvalue weighted by atomic mass is 19.2. The molecule has 2 aromatic rings. The Balaban J connectivity index is 2.25. The van der Waals surface area contributed by atoms with Gasteiger partial charge in [-0.05, 0) is 36.8 Å². The van der Waals surface area contributed by atoms with Crippen molar-refractivity contribution >= 4 is 11.7 Å². The SMILES string of the molecule is Cc1ccnc(NC(=O)c2cc(F)c(F)c(F)c2)c1. The van der Waals surface area contributed by atoms with Crippen molar-refractivity contribution < 1.29 is 18.0 Å². The minimum Gasteiger partial charge on any atom is -0.307 e. The molecule has 0 aliphatic rings. The minimum atomic E-state index is -1.61. The molecule has 98 valence electrons. The summed E-state index contributed by atoms with van der Waals surface area (Å²) in [5, 5.41) is 2.37. The first-order valence-corrected chi connectivity index (χ1v) is 5.36. The fraction of sp³-hybridized carbons (Fsp3) is 0.0769. The Morgan fingerprint density at radius 2 is 1.79 bits per heavy atom. The number of aromatic nitrogens is 1. The van der Waals surface area contributed by atoms with E-state index in [9.17, 15) is 18.0 Å². The Morgan fingerprint density at radius 1 is 1.16 bits per heavy atom. The molecule has 0 unspecified atom stereocenters. The molecule has 0 atom stereocenters. The van der Waals surface area contributed by atoms with Gasteiger partial charge < -0.3 is 5.32 Å². The number of pyridine rings is 1. The molecule has 0 bridgehead atoms. The van der Waals surface area contributed by atoms with Crippen LogP contribution in [0.25, 0.3) is 0 Å². The predicted molar refractivity (Wildman–Crippen MR) is 63.2 cm³/mol. The minimum absolute atomic E-state index is 0.246. The van der Waals surface area contributed by atoms with E-state index in [-0.39, 0.29) is 11.4 Å². The summed E-state index contributed by atoms with van der Waals surface area (Å²) >= 11 is 0. The van der Waals surface area contributed by atoms with Gasteiger partial charge in [-0.25, -0.2) is 18.2 Å². The van der Waals surface area contributed by atoms with Crippen LogP contribution < -0.4 is 5.32 Å². The molecule has 1 amide bonds. The number of hydrogen-bond acceptors (Lipinski definition) is 2. The summed E-state index contributed by atoms with van der Waals surface area (Å²) in [7, 11) is 0. The molecule has 3 nitrogen and oxygen atoms in total. The lowest BCUT2D eigenvalue weighted by molar-refractivity contribution is 0.102. The van der Waals surface area contributed by atoms with Crippen LogP contribution >= 0.6 is 0 Å². The van der Waals surface area contributed by atoms with Crippen molar-refractivity contribution in [2.75, 3.05) is 5.32 Å². The summed E-state index contributed by atoms with van der Waals surface area (Å²) in [6, 6.07) is 4.58. The van der Waals surface area contributed by atoms with Crippen molar-refractivity contribution in [2.24, 2.45) is 0 Å². The number of anilines is 1. The van der Waals surface area contributed by atoms with Crippen LogP contribution in [0.3, 0.4) is 0 Å². The average molecular weight is 266 g/mol. The molecule has 6 heteroatoms. The van der Waals surface area contributed by atoms with Crippen molar-refractivity contribution in [1.82, 2.24) is 4.98 Å². The summed E-state index contributed by atoms with van der Waals surface area (Å²) in [5.41, 5.74) is 0.543. The number of carbonyl (C=O) groups is 1. The van der Waals surface area contributed by atoms with Crippen molar-refractivity contribution in [1.29, 1.82) is 0 Å². The lowest BCUT2D eigenvalue weighted by atomic mass is 10.2. The third kappa shape index (κ3) is 2.90. The zero-order valence-electron chi connectivity index (χ0n) is 9.88. The molecule has 0 saturated heterocycles. The maximum absolute atomic E-state index is 13.0. The molecule has 1 heterocycles. The lowest BCUT2D eigenvalue weighted by Gasteiger charge is -2.06. The summed E-state index contributed by atoms with van der Waals surface area (Å²) < 4.78 is 38.7. The second kappa shape index (κ2) is 5.09. The van der Waals surface area contributed by atoms with Crippen molar-refractivity contribution in [3.05, 3.63) is 59.0 Å². The Labute approximate surface area is 107 Å². The molecule has 0 aliphatic heterocycles. The van der Waals surface area contributed by atoms with Crippen molar-refractivity contribution in [3.8, 4) is 0 Å². The normalized spacial score (nSPS) is 10.3. The van der Waals surface area contributed by atoms with E-state index in [0.717, 1.165) is 5.56 Å². The van der Waals surface area contributed by atoms with E-state index in [1.807, 2.05) is 0 Å². The van der Waals surface area contributed by atoms with Gasteiger partial charge in [0.2, 0.25) is 0 Å². The predicted octanol–water partition coefficient (Wildman–Crippen LogP) is 3.06. The molecule has 1 N–H and O–H groups in total. The highest BCUT2D eigenvalue weighted by Crippen LogP contribution is 2.15. The van der Waals surface area contributed by atoms with Gasteiger partial charge in [-0.3, -0.25) is 4.79 Å². The van der Waals surface area contributed by atoms with Crippen LogP contribution in [0.15, 0.2) is 30.5 Å². The highest BCUT2D eigenvalue weighted by molar-refractivity contribution is 6.03. The Kier molecular flexibility index (Phi) is 3.50. The first kappa shape index (κ1) is 13.1. The van der Waals surface area contributed by atoms with E-state index >= 15 is 0 Å². The number of carbonyl (C=O) groups excluding carboxylic acids is 1. The van der Waals surface area contributed by atoms with E-state index in [1.165, 1.54) is 6.20 Å². The Bertz CT molecular complexity index is 621. The maximum atomic E-state index is 13.0. The molecule has 0 spiro atoms. The van der Waals surface area contributed by atoms with Crippen LogP contribution in [0, 0.1) is 24.4 Å². The van der Waals surface area contributed by atoms with Crippen LogP contribution in [0.5, 0.6) is 0 Å². The summed E-state index contributed by atoms with van der Waals surface area (Å²) in [6.07, 6.45) is 1.48. The molecule has 0 aliphatic carbocycles. The number of nitrogens with zero attached hydrogens (tertiary/aromatic N) is 1. The third-order valence-corrected chi connectivity index (χ3v) is 2.40. The Morgan fingerprint density at radius 3 is 2.37 bits per heavy atom. The van der Waals surface area contributed by atoms with Gasteiger partial charge in [0.1, 0.15) is 5.82 Å². The van der Waals surface area contributed by atoms with E-state index in [1.54, 1.807) is 19.1 Å². The molecule has 0 radical (unpaired) electrons. The summed E-state index contributed by atoms with van der Waals surface area (Å²) in [5.74, 6) is -4.96. The van der Waals surface area contributed by atoms with Gasteiger partial charge in [0.05, 0.1) is 0 Å².